The molecule has 0 bridgehead atoms. The zero-order chi connectivity index (χ0) is 13.0. The Balaban J connectivity index is 1.90. The van der Waals surface area contributed by atoms with Crippen LogP contribution in [0.25, 0.3) is 0 Å². The summed E-state index contributed by atoms with van der Waals surface area (Å²) in [7, 11) is 0. The molecule has 0 saturated heterocycles. The van der Waals surface area contributed by atoms with E-state index in [1.807, 2.05) is 13.8 Å². The van der Waals surface area contributed by atoms with Crippen LogP contribution in [0.15, 0.2) is 30.5 Å². The number of nitrogens with one attached hydrogen (secondary N) is 1. The first-order valence-electron chi connectivity index (χ1n) is 6.25. The van der Waals surface area contributed by atoms with Crippen molar-refractivity contribution in [3.63, 3.8) is 0 Å². The van der Waals surface area contributed by atoms with Crippen molar-refractivity contribution in [1.29, 1.82) is 0 Å². The summed E-state index contributed by atoms with van der Waals surface area (Å²) in [5, 5.41) is 3.31. The third kappa shape index (κ3) is 3.29. The predicted octanol–water partition coefficient (Wildman–Crippen LogP) is 3.06. The van der Waals surface area contributed by atoms with Crippen LogP contribution in [-0.2, 0) is 6.42 Å². The van der Waals surface area contributed by atoms with E-state index in [4.69, 9.17) is 0 Å². The average molecular weight is 241 g/mol. The highest BCUT2D eigenvalue weighted by molar-refractivity contribution is 5.34. The van der Waals surface area contributed by atoms with Gasteiger partial charge in [0.2, 0.25) is 0 Å². The van der Waals surface area contributed by atoms with Gasteiger partial charge in [0.05, 0.1) is 17.6 Å². The van der Waals surface area contributed by atoms with Gasteiger partial charge in [0.1, 0.15) is 5.82 Å². The number of hydrogen-bond acceptors (Lipinski definition) is 3. The molecular weight excluding hydrogens is 222 g/mol. The van der Waals surface area contributed by atoms with Gasteiger partial charge >= 0.3 is 0 Å². The van der Waals surface area contributed by atoms with E-state index < -0.39 is 0 Å². The van der Waals surface area contributed by atoms with Gasteiger partial charge in [-0.3, -0.25) is 4.98 Å². The summed E-state index contributed by atoms with van der Waals surface area (Å²) < 4.78 is 0. The van der Waals surface area contributed by atoms with Gasteiger partial charge in [-0.1, -0.05) is 29.8 Å². The number of hydrogen-bond donors (Lipinski definition) is 1. The summed E-state index contributed by atoms with van der Waals surface area (Å²) in [5.41, 5.74) is 4.62. The molecule has 3 heteroatoms. The first kappa shape index (κ1) is 12.6. The lowest BCUT2D eigenvalue weighted by atomic mass is 10.1. The van der Waals surface area contributed by atoms with Gasteiger partial charge in [-0.15, -0.1) is 0 Å². The molecule has 0 aliphatic heterocycles. The molecule has 0 aliphatic carbocycles. The second kappa shape index (κ2) is 5.63. The average Bonchev–Trinajstić information content (AvgIpc) is 2.34. The van der Waals surface area contributed by atoms with Crippen LogP contribution < -0.4 is 5.32 Å². The van der Waals surface area contributed by atoms with Gasteiger partial charge in [0, 0.05) is 6.54 Å². The fourth-order valence-electron chi connectivity index (χ4n) is 1.83. The maximum atomic E-state index is 4.45. The summed E-state index contributed by atoms with van der Waals surface area (Å²) in [4.78, 5) is 8.74. The zero-order valence-corrected chi connectivity index (χ0v) is 11.2. The molecule has 3 nitrogen and oxygen atoms in total. The molecule has 0 fully saturated rings. The van der Waals surface area contributed by atoms with Gasteiger partial charge in [0.25, 0.3) is 0 Å². The monoisotopic (exact) mass is 241 g/mol. The molecule has 1 aromatic heterocycles. The van der Waals surface area contributed by atoms with Crippen molar-refractivity contribution < 1.29 is 0 Å². The minimum absolute atomic E-state index is 0.853. The lowest BCUT2D eigenvalue weighted by Crippen LogP contribution is -2.08. The van der Waals surface area contributed by atoms with Gasteiger partial charge in [-0.05, 0) is 32.8 Å². The third-order valence-corrected chi connectivity index (χ3v) is 2.99. The lowest BCUT2D eigenvalue weighted by molar-refractivity contribution is 0.976. The van der Waals surface area contributed by atoms with Crippen LogP contribution in [0, 0.1) is 20.8 Å². The Labute approximate surface area is 108 Å². The molecule has 0 amide bonds. The minimum atomic E-state index is 0.853. The van der Waals surface area contributed by atoms with Crippen LogP contribution >= 0.6 is 0 Å². The lowest BCUT2D eigenvalue weighted by Gasteiger charge is -2.07. The summed E-state index contributed by atoms with van der Waals surface area (Å²) in [6.45, 7) is 6.94. The van der Waals surface area contributed by atoms with Crippen LogP contribution in [-0.4, -0.2) is 16.5 Å². The van der Waals surface area contributed by atoms with Crippen LogP contribution in [0.1, 0.15) is 22.5 Å². The SMILES string of the molecule is Cc1cccc(CCNc2cnc(C)c(C)n2)c1. The van der Waals surface area contributed by atoms with Gasteiger partial charge in [0.15, 0.2) is 0 Å². The molecule has 0 unspecified atom stereocenters. The quantitative estimate of drug-likeness (QED) is 0.894. The second-order valence-corrected chi connectivity index (χ2v) is 4.59. The molecule has 1 heterocycles. The maximum Gasteiger partial charge on any atom is 0.144 e. The van der Waals surface area contributed by atoms with E-state index in [2.05, 4.69) is 46.5 Å². The van der Waals surface area contributed by atoms with Crippen molar-refractivity contribution in [3.05, 3.63) is 53.0 Å². The van der Waals surface area contributed by atoms with E-state index in [1.54, 1.807) is 6.20 Å². The van der Waals surface area contributed by atoms with Crippen LogP contribution in [0.4, 0.5) is 5.82 Å². The van der Waals surface area contributed by atoms with Crippen molar-refractivity contribution in [1.82, 2.24) is 9.97 Å². The van der Waals surface area contributed by atoms with E-state index in [-0.39, 0.29) is 0 Å². The number of benzene rings is 1. The van der Waals surface area contributed by atoms with E-state index in [9.17, 15) is 0 Å². The molecule has 2 aromatic rings. The number of rotatable bonds is 4. The molecular formula is C15H19N3. The molecule has 0 spiro atoms. The predicted molar refractivity (Wildman–Crippen MR) is 74.9 cm³/mol. The fraction of sp³-hybridized carbons (Fsp3) is 0.333. The molecule has 18 heavy (non-hydrogen) atoms. The van der Waals surface area contributed by atoms with Gasteiger partial charge in [-0.25, -0.2) is 4.98 Å². The Morgan fingerprint density at radius 2 is 1.94 bits per heavy atom. The molecule has 1 N–H and O–H groups in total. The standard InChI is InChI=1S/C15H19N3/c1-11-5-4-6-14(9-11)7-8-16-15-10-17-12(2)13(3)18-15/h4-6,9-10H,7-8H2,1-3H3,(H,16,18). The largest absolute Gasteiger partial charge is 0.368 e. The van der Waals surface area contributed by atoms with Crippen molar-refractivity contribution >= 4 is 5.82 Å². The molecule has 2 rings (SSSR count). The third-order valence-electron chi connectivity index (χ3n) is 2.99. The molecule has 1 aromatic carbocycles. The number of aromatic nitrogens is 2. The number of anilines is 1. The van der Waals surface area contributed by atoms with Gasteiger partial charge < -0.3 is 5.32 Å². The highest BCUT2D eigenvalue weighted by Crippen LogP contribution is 2.07. The fourth-order valence-corrected chi connectivity index (χ4v) is 1.83. The first-order valence-corrected chi connectivity index (χ1v) is 6.25. The van der Waals surface area contributed by atoms with Crippen LogP contribution in [0.2, 0.25) is 0 Å². The Hall–Kier alpha value is -1.90. The van der Waals surface area contributed by atoms with E-state index in [1.165, 1.54) is 11.1 Å². The summed E-state index contributed by atoms with van der Waals surface area (Å²) >= 11 is 0. The number of nitrogens with zero attached hydrogens (tertiary/aromatic N) is 2. The first-order chi connectivity index (χ1) is 8.65. The number of aryl methyl sites for hydroxylation is 3. The van der Waals surface area contributed by atoms with E-state index in [0.29, 0.717) is 0 Å². The van der Waals surface area contributed by atoms with Crippen molar-refractivity contribution in [3.8, 4) is 0 Å². The smallest absolute Gasteiger partial charge is 0.144 e. The Kier molecular flexibility index (Phi) is 3.92. The Morgan fingerprint density at radius 3 is 2.67 bits per heavy atom. The zero-order valence-electron chi connectivity index (χ0n) is 11.2. The maximum absolute atomic E-state index is 4.45. The van der Waals surface area contributed by atoms with Crippen LogP contribution in [0.3, 0.4) is 0 Å². The summed E-state index contributed by atoms with van der Waals surface area (Å²) in [6, 6.07) is 8.58. The molecule has 0 aliphatic rings. The van der Waals surface area contributed by atoms with E-state index in [0.717, 1.165) is 30.2 Å². The normalized spacial score (nSPS) is 10.4. The van der Waals surface area contributed by atoms with Gasteiger partial charge in [-0.2, -0.15) is 0 Å². The van der Waals surface area contributed by atoms with Crippen molar-refractivity contribution in [2.75, 3.05) is 11.9 Å². The molecule has 94 valence electrons. The Bertz CT molecular complexity index is 535. The van der Waals surface area contributed by atoms with Crippen LogP contribution in [0.5, 0.6) is 0 Å². The summed E-state index contributed by atoms with van der Waals surface area (Å²) in [6.07, 6.45) is 2.79. The highest BCUT2D eigenvalue weighted by Gasteiger charge is 1.99. The van der Waals surface area contributed by atoms with Crippen molar-refractivity contribution in [2.45, 2.75) is 27.2 Å². The topological polar surface area (TPSA) is 37.8 Å². The second-order valence-electron chi connectivity index (χ2n) is 4.59. The minimum Gasteiger partial charge on any atom is -0.368 e. The van der Waals surface area contributed by atoms with E-state index >= 15 is 0 Å². The molecule has 0 saturated carbocycles. The highest BCUT2D eigenvalue weighted by atomic mass is 15.0. The summed E-state index contributed by atoms with van der Waals surface area (Å²) in [5.74, 6) is 0.853. The molecule has 0 radical (unpaired) electrons. The Morgan fingerprint density at radius 1 is 1.11 bits per heavy atom. The molecule has 0 atom stereocenters. The van der Waals surface area contributed by atoms with Crippen molar-refractivity contribution in [2.24, 2.45) is 0 Å².